The maximum absolute atomic E-state index is 13.4. The van der Waals surface area contributed by atoms with E-state index in [0.717, 1.165) is 25.2 Å². The number of benzene rings is 1. The zero-order valence-electron chi connectivity index (χ0n) is 16.6. The molecule has 8 heteroatoms. The van der Waals surface area contributed by atoms with Crippen LogP contribution in [-0.2, 0) is 16.1 Å². The molecule has 1 fully saturated rings. The lowest BCUT2D eigenvalue weighted by Crippen LogP contribution is -2.47. The second-order valence-electron chi connectivity index (χ2n) is 7.33. The number of amides is 2. The van der Waals surface area contributed by atoms with E-state index in [1.165, 1.54) is 4.90 Å². The van der Waals surface area contributed by atoms with Crippen molar-refractivity contribution in [3.63, 3.8) is 0 Å². The van der Waals surface area contributed by atoms with Gasteiger partial charge in [-0.2, -0.15) is 0 Å². The summed E-state index contributed by atoms with van der Waals surface area (Å²) in [7, 11) is 0. The summed E-state index contributed by atoms with van der Waals surface area (Å²) in [6.07, 6.45) is 3.32. The highest BCUT2D eigenvalue weighted by Gasteiger charge is 2.42. The fourth-order valence-corrected chi connectivity index (χ4v) is 4.40. The minimum atomic E-state index is -0.346. The Balaban J connectivity index is 1.74. The Morgan fingerprint density at radius 2 is 1.80 bits per heavy atom. The first kappa shape index (κ1) is 20.8. The normalized spacial score (nSPS) is 18.0. The minimum absolute atomic E-state index is 0.165. The third kappa shape index (κ3) is 3.95. The Morgan fingerprint density at radius 1 is 1.03 bits per heavy atom. The van der Waals surface area contributed by atoms with Gasteiger partial charge < -0.3 is 9.80 Å². The lowest BCUT2D eigenvalue weighted by Gasteiger charge is -2.36. The molecule has 1 aromatic carbocycles. The molecular weight excluding hydrogens is 423 g/mol. The van der Waals surface area contributed by atoms with E-state index in [0.29, 0.717) is 40.0 Å². The van der Waals surface area contributed by atoms with Crippen LogP contribution in [0.4, 0.5) is 0 Å². The molecule has 3 heterocycles. The average molecular weight is 445 g/mol. The summed E-state index contributed by atoms with van der Waals surface area (Å²) in [6, 6.07) is 8.63. The summed E-state index contributed by atoms with van der Waals surface area (Å²) in [5.41, 5.74) is 2.08. The summed E-state index contributed by atoms with van der Waals surface area (Å²) in [5, 5.41) is 0.832. The number of piperazine rings is 1. The van der Waals surface area contributed by atoms with Gasteiger partial charge in [-0.3, -0.25) is 19.5 Å². The monoisotopic (exact) mass is 444 g/mol. The van der Waals surface area contributed by atoms with Crippen LogP contribution in [0, 0.1) is 0 Å². The molecule has 156 valence electrons. The number of imide groups is 1. The average Bonchev–Trinajstić information content (AvgIpc) is 2.99. The Hall–Kier alpha value is -2.41. The summed E-state index contributed by atoms with van der Waals surface area (Å²) in [6.45, 7) is 6.28. The summed E-state index contributed by atoms with van der Waals surface area (Å²) >= 11 is 12.5. The number of likely N-dealkylation sites (N-methyl/N-ethyl adjacent to an activating group) is 1. The van der Waals surface area contributed by atoms with Crippen LogP contribution in [0.15, 0.2) is 48.4 Å². The van der Waals surface area contributed by atoms with Crippen LogP contribution in [0.25, 0.3) is 5.57 Å². The van der Waals surface area contributed by atoms with Crippen molar-refractivity contribution in [3.8, 4) is 0 Å². The van der Waals surface area contributed by atoms with Crippen molar-refractivity contribution < 1.29 is 9.59 Å². The first-order valence-corrected chi connectivity index (χ1v) is 10.7. The van der Waals surface area contributed by atoms with Gasteiger partial charge in [0.05, 0.1) is 17.1 Å². The molecule has 2 aliphatic rings. The molecule has 0 aliphatic carbocycles. The highest BCUT2D eigenvalue weighted by molar-refractivity contribution is 6.41. The van der Waals surface area contributed by atoms with Crippen LogP contribution in [0.3, 0.4) is 0 Å². The summed E-state index contributed by atoms with van der Waals surface area (Å²) < 4.78 is 0. The topological polar surface area (TPSA) is 56.8 Å². The second-order valence-corrected chi connectivity index (χ2v) is 8.17. The largest absolute Gasteiger partial charge is 0.364 e. The van der Waals surface area contributed by atoms with E-state index >= 15 is 0 Å². The first-order chi connectivity index (χ1) is 14.5. The highest BCUT2D eigenvalue weighted by atomic mass is 35.5. The molecule has 2 amide bonds. The number of nitrogens with zero attached hydrogens (tertiary/aromatic N) is 4. The van der Waals surface area contributed by atoms with Crippen molar-refractivity contribution >= 4 is 40.6 Å². The summed E-state index contributed by atoms with van der Waals surface area (Å²) in [5.74, 6) is -0.643. The molecule has 6 nitrogen and oxygen atoms in total. The van der Waals surface area contributed by atoms with Gasteiger partial charge in [0.25, 0.3) is 11.8 Å². The Morgan fingerprint density at radius 3 is 2.43 bits per heavy atom. The first-order valence-electron chi connectivity index (χ1n) is 9.91. The van der Waals surface area contributed by atoms with Gasteiger partial charge in [-0.1, -0.05) is 42.3 Å². The lowest BCUT2D eigenvalue weighted by molar-refractivity contribution is -0.138. The number of pyridine rings is 1. The van der Waals surface area contributed by atoms with Gasteiger partial charge >= 0.3 is 0 Å². The van der Waals surface area contributed by atoms with Crippen LogP contribution in [0.1, 0.15) is 18.1 Å². The SMILES string of the molecule is CCN1CCN(C2=C(c3ccc(Cl)cc3Cl)C(=O)N(Cc3cccnc3)C2=O)CC1. The van der Waals surface area contributed by atoms with Gasteiger partial charge in [-0.25, -0.2) is 0 Å². The van der Waals surface area contributed by atoms with Crippen molar-refractivity contribution in [1.29, 1.82) is 0 Å². The number of carbonyl (C=O) groups is 2. The highest BCUT2D eigenvalue weighted by Crippen LogP contribution is 2.37. The summed E-state index contributed by atoms with van der Waals surface area (Å²) in [4.78, 5) is 36.6. The fourth-order valence-electron chi connectivity index (χ4n) is 3.90. The van der Waals surface area contributed by atoms with E-state index < -0.39 is 0 Å². The zero-order chi connectivity index (χ0) is 21.3. The maximum Gasteiger partial charge on any atom is 0.278 e. The van der Waals surface area contributed by atoms with E-state index in [1.807, 2.05) is 11.0 Å². The molecule has 2 aliphatic heterocycles. The molecule has 0 bridgehead atoms. The molecule has 0 atom stereocenters. The van der Waals surface area contributed by atoms with Crippen molar-refractivity contribution in [3.05, 3.63) is 69.6 Å². The molecule has 0 saturated carbocycles. The molecule has 1 aromatic heterocycles. The fraction of sp³-hybridized carbons (Fsp3) is 0.318. The zero-order valence-corrected chi connectivity index (χ0v) is 18.2. The van der Waals surface area contributed by atoms with Crippen LogP contribution < -0.4 is 0 Å². The van der Waals surface area contributed by atoms with Gasteiger partial charge in [-0.05, 0) is 30.3 Å². The molecular formula is C22H22Cl2N4O2. The van der Waals surface area contributed by atoms with Crippen molar-refractivity contribution in [2.45, 2.75) is 13.5 Å². The molecule has 4 rings (SSSR count). The Labute approximate surface area is 185 Å². The van der Waals surface area contributed by atoms with E-state index in [1.54, 1.807) is 36.7 Å². The molecule has 1 saturated heterocycles. The number of halogens is 2. The molecule has 0 radical (unpaired) electrons. The van der Waals surface area contributed by atoms with Crippen LogP contribution in [0.2, 0.25) is 10.0 Å². The van der Waals surface area contributed by atoms with Gasteiger partial charge in [0.15, 0.2) is 0 Å². The standard InChI is InChI=1S/C22H22Cl2N4O2/c1-2-26-8-10-27(11-9-26)20-19(17-6-5-16(23)12-18(17)24)21(29)28(22(20)30)14-15-4-3-7-25-13-15/h3-7,12-13H,2,8-11,14H2,1H3. The predicted molar refractivity (Wildman–Crippen MR) is 117 cm³/mol. The quantitative estimate of drug-likeness (QED) is 0.662. The van der Waals surface area contributed by atoms with Crippen LogP contribution in [0.5, 0.6) is 0 Å². The third-order valence-corrected chi connectivity index (χ3v) is 6.09. The van der Waals surface area contributed by atoms with E-state index in [-0.39, 0.29) is 18.4 Å². The van der Waals surface area contributed by atoms with Crippen molar-refractivity contribution in [2.75, 3.05) is 32.7 Å². The Kier molecular flexibility index (Phi) is 6.09. The molecule has 30 heavy (non-hydrogen) atoms. The van der Waals surface area contributed by atoms with Gasteiger partial charge in [0, 0.05) is 49.2 Å². The van der Waals surface area contributed by atoms with Crippen molar-refractivity contribution in [1.82, 2.24) is 19.7 Å². The number of aromatic nitrogens is 1. The molecule has 2 aromatic rings. The molecule has 0 spiro atoms. The third-order valence-electron chi connectivity index (χ3n) is 5.54. The van der Waals surface area contributed by atoms with Gasteiger partial charge in [0.2, 0.25) is 0 Å². The smallest absolute Gasteiger partial charge is 0.278 e. The molecule has 0 unspecified atom stereocenters. The van der Waals surface area contributed by atoms with Crippen LogP contribution in [-0.4, -0.2) is 64.2 Å². The van der Waals surface area contributed by atoms with Gasteiger partial charge in [-0.15, -0.1) is 0 Å². The number of hydrogen-bond acceptors (Lipinski definition) is 5. The second kappa shape index (κ2) is 8.76. The molecule has 0 N–H and O–H groups in total. The van der Waals surface area contributed by atoms with Crippen LogP contribution >= 0.6 is 23.2 Å². The number of carbonyl (C=O) groups excluding carboxylic acids is 2. The van der Waals surface area contributed by atoms with E-state index in [9.17, 15) is 9.59 Å². The van der Waals surface area contributed by atoms with E-state index in [4.69, 9.17) is 23.2 Å². The Bertz CT molecular complexity index is 1000. The predicted octanol–water partition coefficient (Wildman–Crippen LogP) is 3.31. The van der Waals surface area contributed by atoms with Crippen molar-refractivity contribution in [2.24, 2.45) is 0 Å². The lowest BCUT2D eigenvalue weighted by atomic mass is 10.0. The maximum atomic E-state index is 13.4. The number of hydrogen-bond donors (Lipinski definition) is 0. The minimum Gasteiger partial charge on any atom is -0.364 e. The van der Waals surface area contributed by atoms with E-state index in [2.05, 4.69) is 16.8 Å². The van der Waals surface area contributed by atoms with Gasteiger partial charge in [0.1, 0.15) is 5.70 Å². The number of rotatable bonds is 5.